The van der Waals surface area contributed by atoms with Crippen molar-refractivity contribution in [1.29, 1.82) is 0 Å². The summed E-state index contributed by atoms with van der Waals surface area (Å²) in [4.78, 5) is 28.8. The molecular formula is C21H19F3N2O3. The fourth-order valence-corrected chi connectivity index (χ4v) is 5.51. The molecule has 1 saturated carbocycles. The topological polar surface area (TPSA) is 73.4 Å². The van der Waals surface area contributed by atoms with Gasteiger partial charge in [-0.05, 0) is 36.3 Å². The van der Waals surface area contributed by atoms with Gasteiger partial charge >= 0.3 is 12.1 Å². The first kappa shape index (κ1) is 18.3. The fraction of sp³-hybridized carbons (Fsp3) is 0.429. The SMILES string of the molecule is O=C(O)[C@H]1[C@H](C(=O)N2CCc3c([nH]c4ccccc34)[C@@H]2C(F)(F)F)[C@H]2C=C[C@H]1C2. The summed E-state index contributed by atoms with van der Waals surface area (Å²) in [5, 5.41) is 10.3. The number of nitrogens with one attached hydrogen (secondary N) is 1. The second-order valence-electron chi connectivity index (χ2n) is 8.13. The average Bonchev–Trinajstić information content (AvgIpc) is 3.37. The number of benzene rings is 1. The smallest absolute Gasteiger partial charge is 0.414 e. The Labute approximate surface area is 164 Å². The van der Waals surface area contributed by atoms with Gasteiger partial charge in [-0.25, -0.2) is 0 Å². The molecule has 152 valence electrons. The molecule has 5 nitrogen and oxygen atoms in total. The molecule has 1 fully saturated rings. The Kier molecular flexibility index (Phi) is 3.85. The van der Waals surface area contributed by atoms with Crippen LogP contribution in [0.1, 0.15) is 23.7 Å². The second kappa shape index (κ2) is 6.11. The number of aromatic nitrogens is 1. The maximum absolute atomic E-state index is 14.1. The van der Waals surface area contributed by atoms with Crippen LogP contribution >= 0.6 is 0 Å². The normalized spacial score (nSPS) is 30.7. The molecule has 29 heavy (non-hydrogen) atoms. The standard InChI is InChI=1S/C21H19F3N2O3/c22-21(23,24)18-17-13(12-3-1-2-4-14(12)25-17)7-8-26(18)19(27)15-10-5-6-11(9-10)16(15)20(28)29/h1-6,10-11,15-16,18,25H,7-9H2,(H,28,29)/t10-,11-,15+,16+,18+/m0/s1. The van der Waals surface area contributed by atoms with Crippen molar-refractivity contribution in [3.8, 4) is 0 Å². The van der Waals surface area contributed by atoms with Crippen LogP contribution in [-0.4, -0.2) is 39.6 Å². The van der Waals surface area contributed by atoms with Gasteiger partial charge in [0.05, 0.1) is 17.5 Å². The number of amides is 1. The monoisotopic (exact) mass is 404 g/mol. The number of carbonyl (C=O) groups excluding carboxylic acids is 1. The van der Waals surface area contributed by atoms with Gasteiger partial charge in [0, 0.05) is 17.4 Å². The second-order valence-corrected chi connectivity index (χ2v) is 8.13. The molecular weight excluding hydrogens is 385 g/mol. The van der Waals surface area contributed by atoms with Gasteiger partial charge in [0.1, 0.15) is 0 Å². The highest BCUT2D eigenvalue weighted by Crippen LogP contribution is 2.51. The summed E-state index contributed by atoms with van der Waals surface area (Å²) in [6, 6.07) is 4.92. The maximum atomic E-state index is 14.1. The lowest BCUT2D eigenvalue weighted by molar-refractivity contribution is -0.197. The zero-order valence-corrected chi connectivity index (χ0v) is 15.3. The van der Waals surface area contributed by atoms with Gasteiger partial charge in [-0.15, -0.1) is 0 Å². The van der Waals surface area contributed by atoms with E-state index >= 15 is 0 Å². The molecule has 0 radical (unpaired) electrons. The summed E-state index contributed by atoms with van der Waals surface area (Å²) in [5.74, 6) is -4.34. The number of carboxylic acids is 1. The van der Waals surface area contributed by atoms with Crippen LogP contribution in [0.15, 0.2) is 36.4 Å². The molecule has 2 aromatic rings. The third kappa shape index (κ3) is 2.61. The molecule has 5 atom stereocenters. The number of carboxylic acid groups (broad SMARTS) is 1. The summed E-state index contributed by atoms with van der Waals surface area (Å²) in [7, 11) is 0. The van der Waals surface area contributed by atoms with Crippen molar-refractivity contribution in [2.24, 2.45) is 23.7 Å². The van der Waals surface area contributed by atoms with Crippen LogP contribution in [0.25, 0.3) is 10.9 Å². The lowest BCUT2D eigenvalue weighted by atomic mass is 9.81. The van der Waals surface area contributed by atoms with E-state index in [2.05, 4.69) is 4.98 Å². The van der Waals surface area contributed by atoms with Gasteiger partial charge in [-0.2, -0.15) is 13.2 Å². The molecule has 1 aromatic heterocycles. The Hall–Kier alpha value is -2.77. The van der Waals surface area contributed by atoms with Crippen molar-refractivity contribution in [3.63, 3.8) is 0 Å². The van der Waals surface area contributed by atoms with Gasteiger partial charge in [0.25, 0.3) is 0 Å². The lowest BCUT2D eigenvalue weighted by Crippen LogP contribution is -2.51. The first-order valence-corrected chi connectivity index (χ1v) is 9.65. The summed E-state index contributed by atoms with van der Waals surface area (Å²) in [5.41, 5.74) is 1.17. The van der Waals surface area contributed by atoms with Crippen LogP contribution in [0.3, 0.4) is 0 Å². The molecule has 8 heteroatoms. The fourth-order valence-electron chi connectivity index (χ4n) is 5.51. The van der Waals surface area contributed by atoms with E-state index < -0.39 is 35.9 Å². The van der Waals surface area contributed by atoms with Crippen LogP contribution in [0.5, 0.6) is 0 Å². The highest BCUT2D eigenvalue weighted by Gasteiger charge is 2.57. The van der Waals surface area contributed by atoms with E-state index in [1.165, 1.54) is 0 Å². The van der Waals surface area contributed by atoms with E-state index in [9.17, 15) is 27.9 Å². The van der Waals surface area contributed by atoms with Crippen molar-refractivity contribution in [2.75, 3.05) is 6.54 Å². The number of allylic oxidation sites excluding steroid dienone is 2. The number of fused-ring (bicyclic) bond motifs is 5. The molecule has 2 heterocycles. The number of carbonyl (C=O) groups is 2. The van der Waals surface area contributed by atoms with Crippen molar-refractivity contribution >= 4 is 22.8 Å². The number of nitrogens with zero attached hydrogens (tertiary/aromatic N) is 1. The Bertz CT molecular complexity index is 1040. The highest BCUT2D eigenvalue weighted by atomic mass is 19.4. The number of para-hydroxylation sites is 1. The molecule has 1 aromatic carbocycles. The molecule has 0 unspecified atom stereocenters. The summed E-state index contributed by atoms with van der Waals surface area (Å²) in [6.45, 7) is -0.0815. The van der Waals surface area contributed by atoms with Crippen molar-refractivity contribution < 1.29 is 27.9 Å². The molecule has 0 spiro atoms. The van der Waals surface area contributed by atoms with Crippen LogP contribution in [0, 0.1) is 23.7 Å². The minimum atomic E-state index is -4.67. The number of rotatable bonds is 2. The van der Waals surface area contributed by atoms with Crippen LogP contribution in [0.2, 0.25) is 0 Å². The molecule has 2 aliphatic carbocycles. The van der Waals surface area contributed by atoms with Crippen molar-refractivity contribution in [2.45, 2.75) is 25.1 Å². The highest BCUT2D eigenvalue weighted by molar-refractivity contribution is 5.89. The van der Waals surface area contributed by atoms with Crippen molar-refractivity contribution in [3.05, 3.63) is 47.7 Å². The quantitative estimate of drug-likeness (QED) is 0.750. The van der Waals surface area contributed by atoms with Crippen molar-refractivity contribution in [1.82, 2.24) is 9.88 Å². The van der Waals surface area contributed by atoms with Gasteiger partial charge in [0.2, 0.25) is 5.91 Å². The number of H-pyrrole nitrogens is 1. The number of alkyl halides is 3. The van der Waals surface area contributed by atoms with E-state index in [1.54, 1.807) is 36.4 Å². The van der Waals surface area contributed by atoms with Gasteiger partial charge in [-0.3, -0.25) is 9.59 Å². The summed E-state index contributed by atoms with van der Waals surface area (Å²) >= 11 is 0. The van der Waals surface area contributed by atoms with E-state index in [0.717, 1.165) is 10.3 Å². The molecule has 2 N–H and O–H groups in total. The molecule has 2 bridgehead atoms. The minimum Gasteiger partial charge on any atom is -0.481 e. The van der Waals surface area contributed by atoms with E-state index in [1.807, 2.05) is 0 Å². The van der Waals surface area contributed by atoms with E-state index in [4.69, 9.17) is 0 Å². The predicted molar refractivity (Wildman–Crippen MR) is 97.9 cm³/mol. The maximum Gasteiger partial charge on any atom is 0.414 e. The average molecular weight is 404 g/mol. The molecule has 1 aliphatic heterocycles. The van der Waals surface area contributed by atoms with E-state index in [-0.39, 0.29) is 24.1 Å². The molecule has 3 aliphatic rings. The number of aliphatic carboxylic acids is 1. The molecule has 1 amide bonds. The zero-order chi connectivity index (χ0) is 20.5. The lowest BCUT2D eigenvalue weighted by Gasteiger charge is -2.39. The summed E-state index contributed by atoms with van der Waals surface area (Å²) in [6.07, 6.45) is -0.298. The Morgan fingerprint density at radius 2 is 1.79 bits per heavy atom. The third-order valence-electron chi connectivity index (χ3n) is 6.66. The zero-order valence-electron chi connectivity index (χ0n) is 15.3. The number of hydrogen-bond acceptors (Lipinski definition) is 2. The van der Waals surface area contributed by atoms with Crippen LogP contribution in [-0.2, 0) is 16.0 Å². The first-order chi connectivity index (χ1) is 13.8. The largest absolute Gasteiger partial charge is 0.481 e. The minimum absolute atomic E-state index is 0.0103. The van der Waals surface area contributed by atoms with Gasteiger partial charge in [0.15, 0.2) is 6.04 Å². The third-order valence-corrected chi connectivity index (χ3v) is 6.66. The van der Waals surface area contributed by atoms with Gasteiger partial charge in [-0.1, -0.05) is 30.4 Å². The Morgan fingerprint density at radius 3 is 2.48 bits per heavy atom. The predicted octanol–water partition coefficient (Wildman–Crippen LogP) is 3.68. The Balaban J connectivity index is 1.57. The molecule has 5 rings (SSSR count). The van der Waals surface area contributed by atoms with Gasteiger partial charge < -0.3 is 15.0 Å². The molecule has 0 saturated heterocycles. The van der Waals surface area contributed by atoms with E-state index in [0.29, 0.717) is 23.9 Å². The van der Waals surface area contributed by atoms with Crippen LogP contribution < -0.4 is 0 Å². The number of halogens is 3. The van der Waals surface area contributed by atoms with Crippen LogP contribution in [0.4, 0.5) is 13.2 Å². The number of aromatic amines is 1. The number of hydrogen-bond donors (Lipinski definition) is 2. The Morgan fingerprint density at radius 1 is 1.10 bits per heavy atom. The summed E-state index contributed by atoms with van der Waals surface area (Å²) < 4.78 is 42.4. The first-order valence-electron chi connectivity index (χ1n) is 9.65.